The van der Waals surface area contributed by atoms with Crippen LogP contribution in [-0.4, -0.2) is 23.0 Å². The van der Waals surface area contributed by atoms with Crippen molar-refractivity contribution < 1.29 is 13.9 Å². The number of imidazole rings is 1. The van der Waals surface area contributed by atoms with E-state index in [4.69, 9.17) is 9.15 Å². The van der Waals surface area contributed by atoms with Gasteiger partial charge in [0, 0.05) is 17.0 Å². The molecule has 26 heavy (non-hydrogen) atoms. The van der Waals surface area contributed by atoms with E-state index in [-0.39, 0.29) is 18.4 Å². The van der Waals surface area contributed by atoms with Gasteiger partial charge in [0.05, 0.1) is 36.9 Å². The smallest absolute Gasteiger partial charge is 0.225 e. The lowest BCUT2D eigenvalue weighted by atomic mass is 10.1. The molecule has 1 amide bonds. The maximum absolute atomic E-state index is 12.5. The van der Waals surface area contributed by atoms with E-state index >= 15 is 0 Å². The number of rotatable bonds is 5. The Balaban J connectivity index is 1.48. The minimum absolute atomic E-state index is 0.0866. The maximum Gasteiger partial charge on any atom is 0.225 e. The number of furan rings is 1. The quantitative estimate of drug-likeness (QED) is 0.575. The van der Waals surface area contributed by atoms with Crippen LogP contribution in [0.5, 0.6) is 5.75 Å². The molecule has 0 fully saturated rings. The summed E-state index contributed by atoms with van der Waals surface area (Å²) in [6.07, 6.45) is 1.86. The van der Waals surface area contributed by atoms with E-state index in [0.29, 0.717) is 5.58 Å². The third kappa shape index (κ3) is 3.01. The number of amides is 1. The molecule has 6 nitrogen and oxygen atoms in total. The molecule has 132 valence electrons. The average molecular weight is 349 g/mol. The van der Waals surface area contributed by atoms with Gasteiger partial charge in [-0.1, -0.05) is 12.1 Å². The van der Waals surface area contributed by atoms with Crippen molar-refractivity contribution in [1.29, 1.82) is 0 Å². The fourth-order valence-electron chi connectivity index (χ4n) is 3.04. The van der Waals surface area contributed by atoms with E-state index in [9.17, 15) is 4.79 Å². The van der Waals surface area contributed by atoms with Gasteiger partial charge < -0.3 is 19.5 Å². The molecule has 4 rings (SSSR count). The molecule has 2 heterocycles. The van der Waals surface area contributed by atoms with Crippen LogP contribution in [0.3, 0.4) is 0 Å². The Morgan fingerprint density at radius 3 is 2.96 bits per heavy atom. The first kappa shape index (κ1) is 16.2. The highest BCUT2D eigenvalue weighted by molar-refractivity contribution is 5.88. The number of para-hydroxylation sites is 2. The first-order chi connectivity index (χ1) is 12.6. The van der Waals surface area contributed by atoms with Crippen molar-refractivity contribution in [3.8, 4) is 5.75 Å². The van der Waals surface area contributed by atoms with E-state index in [0.717, 1.165) is 33.6 Å². The summed E-state index contributed by atoms with van der Waals surface area (Å²) in [5.74, 6) is 1.37. The molecule has 4 aromatic rings. The summed E-state index contributed by atoms with van der Waals surface area (Å²) >= 11 is 0. The predicted molar refractivity (Wildman–Crippen MR) is 99.1 cm³/mol. The van der Waals surface area contributed by atoms with Gasteiger partial charge in [0.15, 0.2) is 0 Å². The number of nitrogens with zero attached hydrogens (tertiary/aromatic N) is 1. The molecule has 6 heteroatoms. The van der Waals surface area contributed by atoms with Crippen LogP contribution in [0, 0.1) is 0 Å². The number of H-pyrrole nitrogens is 1. The Morgan fingerprint density at radius 1 is 1.31 bits per heavy atom. The van der Waals surface area contributed by atoms with Crippen molar-refractivity contribution >= 4 is 27.9 Å². The van der Waals surface area contributed by atoms with E-state index in [1.807, 2.05) is 49.4 Å². The van der Waals surface area contributed by atoms with Gasteiger partial charge in [-0.05, 0) is 31.2 Å². The van der Waals surface area contributed by atoms with Gasteiger partial charge in [0.2, 0.25) is 5.91 Å². The second-order valence-electron chi connectivity index (χ2n) is 6.23. The summed E-state index contributed by atoms with van der Waals surface area (Å²) in [4.78, 5) is 20.2. The average Bonchev–Trinajstić information content (AvgIpc) is 3.25. The van der Waals surface area contributed by atoms with E-state index in [1.165, 1.54) is 0 Å². The maximum atomic E-state index is 12.5. The Bertz CT molecular complexity index is 1050. The van der Waals surface area contributed by atoms with Crippen LogP contribution in [0.1, 0.15) is 24.4 Å². The normalized spacial score (nSPS) is 12.4. The van der Waals surface area contributed by atoms with Gasteiger partial charge in [-0.15, -0.1) is 0 Å². The second-order valence-corrected chi connectivity index (χ2v) is 6.23. The SMILES string of the molecule is COc1ccc2c(CC(=O)NC(C)c3nc4ccccc4[nH]3)coc2c1. The van der Waals surface area contributed by atoms with Crippen molar-refractivity contribution in [2.45, 2.75) is 19.4 Å². The summed E-state index contributed by atoms with van der Waals surface area (Å²) < 4.78 is 10.7. The van der Waals surface area contributed by atoms with Gasteiger partial charge in [0.1, 0.15) is 17.2 Å². The van der Waals surface area contributed by atoms with Crippen LogP contribution in [0.4, 0.5) is 0 Å². The summed E-state index contributed by atoms with van der Waals surface area (Å²) in [6, 6.07) is 13.2. The summed E-state index contributed by atoms with van der Waals surface area (Å²) in [6.45, 7) is 1.91. The summed E-state index contributed by atoms with van der Waals surface area (Å²) in [5, 5.41) is 3.90. The van der Waals surface area contributed by atoms with E-state index in [1.54, 1.807) is 13.4 Å². The molecule has 1 atom stereocenters. The largest absolute Gasteiger partial charge is 0.497 e. The van der Waals surface area contributed by atoms with Crippen molar-refractivity contribution in [2.75, 3.05) is 7.11 Å². The summed E-state index contributed by atoms with van der Waals surface area (Å²) in [5.41, 5.74) is 3.39. The van der Waals surface area contributed by atoms with Gasteiger partial charge in [-0.2, -0.15) is 0 Å². The third-order valence-electron chi connectivity index (χ3n) is 4.41. The number of aromatic amines is 1. The number of hydrogen-bond donors (Lipinski definition) is 2. The molecule has 0 bridgehead atoms. The molecule has 0 aliphatic rings. The summed E-state index contributed by atoms with van der Waals surface area (Å²) in [7, 11) is 1.61. The zero-order chi connectivity index (χ0) is 18.1. The number of nitrogens with one attached hydrogen (secondary N) is 2. The molecule has 0 saturated carbocycles. The van der Waals surface area contributed by atoms with Crippen molar-refractivity contribution in [2.24, 2.45) is 0 Å². The first-order valence-corrected chi connectivity index (χ1v) is 8.42. The van der Waals surface area contributed by atoms with Gasteiger partial charge >= 0.3 is 0 Å². The molecule has 0 saturated heterocycles. The Hall–Kier alpha value is -3.28. The molecule has 2 aromatic carbocycles. The highest BCUT2D eigenvalue weighted by Gasteiger charge is 2.16. The van der Waals surface area contributed by atoms with Crippen LogP contribution < -0.4 is 10.1 Å². The number of carbonyl (C=O) groups is 1. The fourth-order valence-corrected chi connectivity index (χ4v) is 3.04. The zero-order valence-electron chi connectivity index (χ0n) is 14.6. The van der Waals surface area contributed by atoms with Crippen molar-refractivity contribution in [1.82, 2.24) is 15.3 Å². The molecule has 2 N–H and O–H groups in total. The first-order valence-electron chi connectivity index (χ1n) is 8.42. The standard InChI is InChI=1S/C20H19N3O3/c1-12(20-22-16-5-3-4-6-17(16)23-20)21-19(24)9-13-11-26-18-10-14(25-2)7-8-15(13)18/h3-8,10-12H,9H2,1-2H3,(H,21,24)(H,22,23). The number of aromatic nitrogens is 2. The highest BCUT2D eigenvalue weighted by atomic mass is 16.5. The monoisotopic (exact) mass is 349 g/mol. The lowest BCUT2D eigenvalue weighted by molar-refractivity contribution is -0.121. The molecule has 0 aliphatic carbocycles. The van der Waals surface area contributed by atoms with Crippen LogP contribution >= 0.6 is 0 Å². The van der Waals surface area contributed by atoms with E-state index < -0.39 is 0 Å². The highest BCUT2D eigenvalue weighted by Crippen LogP contribution is 2.26. The molecule has 0 aliphatic heterocycles. The molecule has 0 spiro atoms. The van der Waals surface area contributed by atoms with Crippen LogP contribution in [0.2, 0.25) is 0 Å². The fraction of sp³-hybridized carbons (Fsp3) is 0.200. The number of benzene rings is 2. The second kappa shape index (κ2) is 6.55. The molecule has 1 unspecified atom stereocenters. The number of carbonyl (C=O) groups excluding carboxylic acids is 1. The Labute approximate surface area is 150 Å². The number of hydrogen-bond acceptors (Lipinski definition) is 4. The number of fused-ring (bicyclic) bond motifs is 2. The topological polar surface area (TPSA) is 80.1 Å². The molecular weight excluding hydrogens is 330 g/mol. The van der Waals surface area contributed by atoms with Crippen molar-refractivity contribution in [3.63, 3.8) is 0 Å². The van der Waals surface area contributed by atoms with Crippen LogP contribution in [0.15, 0.2) is 53.1 Å². The third-order valence-corrected chi connectivity index (χ3v) is 4.41. The lowest BCUT2D eigenvalue weighted by Gasteiger charge is -2.11. The van der Waals surface area contributed by atoms with Gasteiger partial charge in [0.25, 0.3) is 0 Å². The van der Waals surface area contributed by atoms with Crippen LogP contribution in [0.25, 0.3) is 22.0 Å². The minimum Gasteiger partial charge on any atom is -0.497 e. The Morgan fingerprint density at radius 2 is 2.15 bits per heavy atom. The van der Waals surface area contributed by atoms with Crippen molar-refractivity contribution in [3.05, 3.63) is 60.1 Å². The molecule has 2 aromatic heterocycles. The Kier molecular flexibility index (Phi) is 4.08. The number of ether oxygens (including phenoxy) is 1. The lowest BCUT2D eigenvalue weighted by Crippen LogP contribution is -2.28. The van der Waals surface area contributed by atoms with E-state index in [2.05, 4.69) is 15.3 Å². The van der Waals surface area contributed by atoms with Gasteiger partial charge in [-0.25, -0.2) is 4.98 Å². The minimum atomic E-state index is -0.215. The zero-order valence-corrected chi connectivity index (χ0v) is 14.6. The predicted octanol–water partition coefficient (Wildman–Crippen LogP) is 3.74. The molecular formula is C20H19N3O3. The molecule has 0 radical (unpaired) electrons. The van der Waals surface area contributed by atoms with Crippen LogP contribution in [-0.2, 0) is 11.2 Å². The van der Waals surface area contributed by atoms with Gasteiger partial charge in [-0.3, -0.25) is 4.79 Å². The number of methoxy groups -OCH3 is 1.